The molecule has 0 radical (unpaired) electrons. The second kappa shape index (κ2) is 6.86. The Kier molecular flexibility index (Phi) is 4.64. The number of carbonyl (C=O) groups is 2. The highest BCUT2D eigenvalue weighted by molar-refractivity contribution is 5.93. The summed E-state index contributed by atoms with van der Waals surface area (Å²) in [5.41, 5.74) is 0.952. The largest absolute Gasteiger partial charge is 0.460 e. The van der Waals surface area contributed by atoms with Crippen molar-refractivity contribution < 1.29 is 18.7 Å². The molecule has 1 aliphatic heterocycles. The highest BCUT2D eigenvalue weighted by Gasteiger charge is 2.30. The molecular formula is C18H20N2O4. The molecule has 6 nitrogen and oxygen atoms in total. The molecule has 6 heteroatoms. The minimum Gasteiger partial charge on any atom is -0.460 e. The zero-order chi connectivity index (χ0) is 17.1. The number of aryl methyl sites for hydroxylation is 1. The summed E-state index contributed by atoms with van der Waals surface area (Å²) in [6.07, 6.45) is 0.421. The van der Waals surface area contributed by atoms with Gasteiger partial charge in [-0.15, -0.1) is 0 Å². The molecule has 2 aromatic rings. The van der Waals surface area contributed by atoms with Crippen LogP contribution in [-0.2, 0) is 9.53 Å². The van der Waals surface area contributed by atoms with Gasteiger partial charge in [-0.05, 0) is 6.92 Å². The Labute approximate surface area is 140 Å². The van der Waals surface area contributed by atoms with Crippen molar-refractivity contribution in [1.82, 2.24) is 9.88 Å². The number of carbonyl (C=O) groups excluding carboxylic acids is 2. The lowest BCUT2D eigenvalue weighted by atomic mass is 10.1. The monoisotopic (exact) mass is 328 g/mol. The number of nitrogens with zero attached hydrogens (tertiary/aromatic N) is 2. The zero-order valence-corrected chi connectivity index (χ0v) is 13.8. The first-order valence-electron chi connectivity index (χ1n) is 8.06. The molecule has 0 spiro atoms. The quantitative estimate of drug-likeness (QED) is 0.789. The normalized spacial score (nSPS) is 17.3. The summed E-state index contributed by atoms with van der Waals surface area (Å²) < 4.78 is 11.0. The van der Waals surface area contributed by atoms with Gasteiger partial charge < -0.3 is 14.1 Å². The summed E-state index contributed by atoms with van der Waals surface area (Å²) >= 11 is 0. The van der Waals surface area contributed by atoms with Crippen LogP contribution in [0.2, 0.25) is 0 Å². The van der Waals surface area contributed by atoms with Gasteiger partial charge in [0.15, 0.2) is 17.3 Å². The SMILES string of the molecule is CCN1C[C@@H](COC(=O)c2nc(C)oc2-c2ccccc2)CC1=O. The van der Waals surface area contributed by atoms with Crippen molar-refractivity contribution in [3.63, 3.8) is 0 Å². The number of rotatable bonds is 5. The van der Waals surface area contributed by atoms with Gasteiger partial charge in [0.2, 0.25) is 5.91 Å². The van der Waals surface area contributed by atoms with Crippen LogP contribution in [0.25, 0.3) is 11.3 Å². The molecule has 1 saturated heterocycles. The third-order valence-electron chi connectivity index (χ3n) is 4.09. The molecule has 1 aliphatic rings. The van der Waals surface area contributed by atoms with Crippen LogP contribution >= 0.6 is 0 Å². The van der Waals surface area contributed by atoms with E-state index in [0.29, 0.717) is 31.2 Å². The molecule has 1 aromatic carbocycles. The van der Waals surface area contributed by atoms with Gasteiger partial charge in [0, 0.05) is 37.9 Å². The Hall–Kier alpha value is -2.63. The van der Waals surface area contributed by atoms with Crippen LogP contribution in [0.3, 0.4) is 0 Å². The third-order valence-corrected chi connectivity index (χ3v) is 4.09. The van der Waals surface area contributed by atoms with E-state index in [1.54, 1.807) is 11.8 Å². The van der Waals surface area contributed by atoms with Crippen LogP contribution in [-0.4, -0.2) is 41.5 Å². The molecule has 126 valence electrons. The molecule has 0 aliphatic carbocycles. The fourth-order valence-electron chi connectivity index (χ4n) is 2.88. The minimum absolute atomic E-state index is 0.0366. The lowest BCUT2D eigenvalue weighted by molar-refractivity contribution is -0.127. The summed E-state index contributed by atoms with van der Waals surface area (Å²) in [4.78, 5) is 30.1. The second-order valence-corrected chi connectivity index (χ2v) is 5.88. The number of ether oxygens (including phenoxy) is 1. The maximum absolute atomic E-state index is 12.4. The van der Waals surface area contributed by atoms with Gasteiger partial charge in [0.25, 0.3) is 0 Å². The van der Waals surface area contributed by atoms with Crippen molar-refractivity contribution in [2.75, 3.05) is 19.7 Å². The smallest absolute Gasteiger partial charge is 0.361 e. The summed E-state index contributed by atoms with van der Waals surface area (Å²) in [5.74, 6) is 0.452. The van der Waals surface area contributed by atoms with E-state index in [0.717, 1.165) is 5.56 Å². The predicted octanol–water partition coefficient (Wildman–Crippen LogP) is 2.68. The molecular weight excluding hydrogens is 308 g/mol. The van der Waals surface area contributed by atoms with Gasteiger partial charge in [-0.3, -0.25) is 4.79 Å². The summed E-state index contributed by atoms with van der Waals surface area (Å²) in [7, 11) is 0. The Morgan fingerprint density at radius 2 is 2.12 bits per heavy atom. The molecule has 0 N–H and O–H groups in total. The highest BCUT2D eigenvalue weighted by atomic mass is 16.5. The van der Waals surface area contributed by atoms with Gasteiger partial charge in [0.05, 0.1) is 6.61 Å². The first-order valence-corrected chi connectivity index (χ1v) is 8.06. The first kappa shape index (κ1) is 16.2. The standard InChI is InChI=1S/C18H20N2O4/c1-3-20-10-13(9-15(20)21)11-23-18(22)16-17(24-12(2)19-16)14-7-5-4-6-8-14/h4-8,13H,3,9-11H2,1-2H3/t13-/m0/s1. The van der Waals surface area contributed by atoms with Gasteiger partial charge in [-0.2, -0.15) is 0 Å². The predicted molar refractivity (Wildman–Crippen MR) is 87.3 cm³/mol. The van der Waals surface area contributed by atoms with Crippen LogP contribution in [0.1, 0.15) is 29.7 Å². The highest BCUT2D eigenvalue weighted by Crippen LogP contribution is 2.26. The fraction of sp³-hybridized carbons (Fsp3) is 0.389. The summed E-state index contributed by atoms with van der Waals surface area (Å²) in [5, 5.41) is 0. The van der Waals surface area contributed by atoms with E-state index in [4.69, 9.17) is 9.15 Å². The molecule has 24 heavy (non-hydrogen) atoms. The Morgan fingerprint density at radius 3 is 2.79 bits per heavy atom. The number of esters is 1. The molecule has 3 rings (SSSR count). The van der Waals surface area contributed by atoms with Crippen molar-refractivity contribution in [1.29, 1.82) is 0 Å². The van der Waals surface area contributed by atoms with Crippen LogP contribution in [0.4, 0.5) is 0 Å². The minimum atomic E-state index is -0.520. The maximum atomic E-state index is 12.4. The van der Waals surface area contributed by atoms with Crippen molar-refractivity contribution in [3.05, 3.63) is 41.9 Å². The maximum Gasteiger partial charge on any atom is 0.361 e. The van der Waals surface area contributed by atoms with E-state index in [1.165, 1.54) is 0 Å². The summed E-state index contributed by atoms with van der Waals surface area (Å²) in [6, 6.07) is 9.33. The fourth-order valence-corrected chi connectivity index (χ4v) is 2.88. The van der Waals surface area contributed by atoms with Crippen LogP contribution in [0.15, 0.2) is 34.7 Å². The number of oxazole rings is 1. The molecule has 1 aromatic heterocycles. The number of benzene rings is 1. The van der Waals surface area contributed by atoms with E-state index in [9.17, 15) is 9.59 Å². The molecule has 0 saturated carbocycles. The van der Waals surface area contributed by atoms with E-state index in [-0.39, 0.29) is 24.1 Å². The van der Waals surface area contributed by atoms with Gasteiger partial charge in [-0.1, -0.05) is 30.3 Å². The molecule has 1 fully saturated rings. The second-order valence-electron chi connectivity index (χ2n) is 5.88. The van der Waals surface area contributed by atoms with Gasteiger partial charge in [-0.25, -0.2) is 9.78 Å². The molecule has 0 bridgehead atoms. The topological polar surface area (TPSA) is 72.6 Å². The molecule has 1 amide bonds. The van der Waals surface area contributed by atoms with Gasteiger partial charge in [0.1, 0.15) is 0 Å². The molecule has 0 unspecified atom stereocenters. The number of aromatic nitrogens is 1. The lowest BCUT2D eigenvalue weighted by Crippen LogP contribution is -2.25. The Balaban J connectivity index is 1.69. The number of hydrogen-bond acceptors (Lipinski definition) is 5. The van der Waals surface area contributed by atoms with Crippen LogP contribution in [0, 0.1) is 12.8 Å². The average Bonchev–Trinajstić information content (AvgIpc) is 3.16. The zero-order valence-electron chi connectivity index (χ0n) is 13.8. The van der Waals surface area contributed by atoms with E-state index in [2.05, 4.69) is 4.98 Å². The van der Waals surface area contributed by atoms with Crippen molar-refractivity contribution in [2.45, 2.75) is 20.3 Å². The van der Waals surface area contributed by atoms with E-state index in [1.807, 2.05) is 37.3 Å². The van der Waals surface area contributed by atoms with Crippen molar-refractivity contribution in [2.24, 2.45) is 5.92 Å². The number of amides is 1. The van der Waals surface area contributed by atoms with Crippen LogP contribution < -0.4 is 0 Å². The summed E-state index contributed by atoms with van der Waals surface area (Å²) in [6.45, 7) is 5.16. The number of hydrogen-bond donors (Lipinski definition) is 0. The van der Waals surface area contributed by atoms with E-state index >= 15 is 0 Å². The van der Waals surface area contributed by atoms with Crippen molar-refractivity contribution >= 4 is 11.9 Å². The first-order chi connectivity index (χ1) is 11.6. The Morgan fingerprint density at radius 1 is 1.38 bits per heavy atom. The lowest BCUT2D eigenvalue weighted by Gasteiger charge is -2.13. The average molecular weight is 328 g/mol. The van der Waals surface area contributed by atoms with Gasteiger partial charge >= 0.3 is 5.97 Å². The van der Waals surface area contributed by atoms with E-state index < -0.39 is 5.97 Å². The Bertz CT molecular complexity index is 739. The third kappa shape index (κ3) is 3.32. The van der Waals surface area contributed by atoms with Crippen molar-refractivity contribution in [3.8, 4) is 11.3 Å². The van der Waals surface area contributed by atoms with Crippen LogP contribution in [0.5, 0.6) is 0 Å². The number of likely N-dealkylation sites (tertiary alicyclic amines) is 1. The molecule has 1 atom stereocenters. The molecule has 2 heterocycles.